The van der Waals surface area contributed by atoms with Crippen molar-refractivity contribution in [1.29, 1.82) is 0 Å². The van der Waals surface area contributed by atoms with E-state index in [0.717, 1.165) is 22.4 Å². The van der Waals surface area contributed by atoms with Gasteiger partial charge in [-0.15, -0.1) is 11.3 Å². The first-order chi connectivity index (χ1) is 7.74. The summed E-state index contributed by atoms with van der Waals surface area (Å²) in [5, 5.41) is 9.02. The Morgan fingerprint density at radius 2 is 2.19 bits per heavy atom. The van der Waals surface area contributed by atoms with Crippen molar-refractivity contribution in [2.75, 3.05) is 0 Å². The monoisotopic (exact) mass is 233 g/mol. The Hall–Kier alpha value is -1.68. The first-order valence-electron chi connectivity index (χ1n) is 4.99. The fourth-order valence-corrected chi connectivity index (χ4v) is 2.48. The lowest BCUT2D eigenvalue weighted by atomic mass is 10.0. The first kappa shape index (κ1) is 10.8. The van der Waals surface area contributed by atoms with Crippen LogP contribution in [0, 0.1) is 0 Å². The summed E-state index contributed by atoms with van der Waals surface area (Å²) in [5.74, 6) is -0.970. The highest BCUT2D eigenvalue weighted by Gasteiger charge is 2.16. The molecule has 0 bridgehead atoms. The van der Waals surface area contributed by atoms with Crippen LogP contribution in [0.5, 0.6) is 0 Å². The molecule has 0 atom stereocenters. The average Bonchev–Trinajstić information content (AvgIpc) is 2.77. The summed E-state index contributed by atoms with van der Waals surface area (Å²) in [7, 11) is 0. The molecule has 1 aromatic carbocycles. The molecule has 0 saturated carbocycles. The molecule has 2 aromatic rings. The summed E-state index contributed by atoms with van der Waals surface area (Å²) < 4.78 is 0. The number of rotatable bonds is 3. The van der Waals surface area contributed by atoms with Gasteiger partial charge in [-0.25, -0.2) is 9.78 Å². The van der Waals surface area contributed by atoms with E-state index in [1.54, 1.807) is 5.51 Å². The molecule has 0 spiro atoms. The lowest BCUT2D eigenvalue weighted by Gasteiger charge is -2.05. The van der Waals surface area contributed by atoms with Crippen molar-refractivity contribution in [2.24, 2.45) is 0 Å². The first-order valence-corrected chi connectivity index (χ1v) is 5.87. The molecular formula is C12H11NO2S. The normalized spacial score (nSPS) is 10.3. The van der Waals surface area contributed by atoms with Gasteiger partial charge in [-0.3, -0.25) is 0 Å². The molecule has 82 valence electrons. The smallest absolute Gasteiger partial charge is 0.356 e. The number of hydrogen-bond acceptors (Lipinski definition) is 3. The number of aryl methyl sites for hydroxylation is 1. The molecular weight excluding hydrogens is 222 g/mol. The number of aromatic carboxylic acids is 1. The van der Waals surface area contributed by atoms with E-state index in [4.69, 9.17) is 5.11 Å². The Morgan fingerprint density at radius 3 is 2.88 bits per heavy atom. The van der Waals surface area contributed by atoms with E-state index < -0.39 is 5.97 Å². The summed E-state index contributed by atoms with van der Waals surface area (Å²) in [6.07, 6.45) is 0.882. The zero-order valence-corrected chi connectivity index (χ0v) is 9.62. The molecule has 0 aliphatic heterocycles. The van der Waals surface area contributed by atoms with Crippen molar-refractivity contribution < 1.29 is 9.90 Å². The molecule has 0 unspecified atom stereocenters. The second kappa shape index (κ2) is 4.45. The number of nitrogens with zero attached hydrogens (tertiary/aromatic N) is 1. The highest BCUT2D eigenvalue weighted by Crippen LogP contribution is 2.30. The molecule has 3 nitrogen and oxygen atoms in total. The highest BCUT2D eigenvalue weighted by molar-refractivity contribution is 7.13. The summed E-state index contributed by atoms with van der Waals surface area (Å²) in [6.45, 7) is 2.06. The van der Waals surface area contributed by atoms with Crippen molar-refractivity contribution in [2.45, 2.75) is 13.3 Å². The van der Waals surface area contributed by atoms with Crippen LogP contribution in [-0.2, 0) is 6.42 Å². The molecule has 1 heterocycles. The van der Waals surface area contributed by atoms with Crippen LogP contribution in [0.2, 0.25) is 0 Å². The van der Waals surface area contributed by atoms with E-state index in [1.165, 1.54) is 11.3 Å². The third-order valence-electron chi connectivity index (χ3n) is 2.41. The summed E-state index contributed by atoms with van der Waals surface area (Å²) >= 11 is 1.37. The predicted molar refractivity (Wildman–Crippen MR) is 63.9 cm³/mol. The molecule has 0 aliphatic carbocycles. The van der Waals surface area contributed by atoms with Gasteiger partial charge in [-0.2, -0.15) is 0 Å². The summed E-state index contributed by atoms with van der Waals surface area (Å²) in [4.78, 5) is 15.6. The topological polar surface area (TPSA) is 50.2 Å². The lowest BCUT2D eigenvalue weighted by Crippen LogP contribution is -1.99. The maximum absolute atomic E-state index is 11.0. The molecule has 0 amide bonds. The van der Waals surface area contributed by atoms with Crippen LogP contribution in [0.25, 0.3) is 10.4 Å². The standard InChI is InChI=1S/C12H11NO2S/c1-2-8-5-3-4-6-9(8)11-10(12(14)15)13-7-16-11/h3-7H,2H2,1H3,(H,14,15). The van der Waals surface area contributed by atoms with Gasteiger partial charge in [0.25, 0.3) is 0 Å². The summed E-state index contributed by atoms with van der Waals surface area (Å²) in [6, 6.07) is 7.84. The number of carboxylic acid groups (broad SMARTS) is 1. The van der Waals surface area contributed by atoms with E-state index in [0.29, 0.717) is 0 Å². The fourth-order valence-electron chi connectivity index (χ4n) is 1.64. The number of carboxylic acids is 1. The number of thiazole rings is 1. The van der Waals surface area contributed by atoms with Crippen molar-refractivity contribution >= 4 is 17.3 Å². The number of hydrogen-bond donors (Lipinski definition) is 1. The van der Waals surface area contributed by atoms with Gasteiger partial charge in [-0.05, 0) is 17.5 Å². The Morgan fingerprint density at radius 1 is 1.44 bits per heavy atom. The molecule has 0 fully saturated rings. The van der Waals surface area contributed by atoms with Gasteiger partial charge < -0.3 is 5.11 Å². The molecule has 2 rings (SSSR count). The Bertz CT molecular complexity index is 519. The number of carbonyl (C=O) groups is 1. The third kappa shape index (κ3) is 1.84. The van der Waals surface area contributed by atoms with Crippen LogP contribution in [0.3, 0.4) is 0 Å². The molecule has 1 N–H and O–H groups in total. The lowest BCUT2D eigenvalue weighted by molar-refractivity contribution is 0.0692. The van der Waals surface area contributed by atoms with Crippen LogP contribution < -0.4 is 0 Å². The maximum atomic E-state index is 11.0. The molecule has 4 heteroatoms. The zero-order chi connectivity index (χ0) is 11.5. The fraction of sp³-hybridized carbons (Fsp3) is 0.167. The Labute approximate surface area is 97.4 Å². The van der Waals surface area contributed by atoms with Crippen LogP contribution in [0.15, 0.2) is 29.8 Å². The van der Waals surface area contributed by atoms with E-state index in [2.05, 4.69) is 11.9 Å². The van der Waals surface area contributed by atoms with Crippen molar-refractivity contribution in [3.05, 3.63) is 41.0 Å². The van der Waals surface area contributed by atoms with Crippen LogP contribution in [0.1, 0.15) is 23.0 Å². The minimum atomic E-state index is -0.970. The third-order valence-corrected chi connectivity index (χ3v) is 3.27. The molecule has 0 aliphatic rings. The van der Waals surface area contributed by atoms with Gasteiger partial charge >= 0.3 is 5.97 Å². The van der Waals surface area contributed by atoms with Crippen molar-refractivity contribution in [3.63, 3.8) is 0 Å². The Balaban J connectivity index is 2.58. The summed E-state index contributed by atoms with van der Waals surface area (Å²) in [5.41, 5.74) is 3.84. The van der Waals surface area contributed by atoms with Gasteiger partial charge in [0.1, 0.15) is 0 Å². The van der Waals surface area contributed by atoms with Gasteiger partial charge in [0.15, 0.2) is 5.69 Å². The molecule has 0 radical (unpaired) electrons. The second-order valence-corrected chi connectivity index (χ2v) is 4.20. The van der Waals surface area contributed by atoms with E-state index >= 15 is 0 Å². The van der Waals surface area contributed by atoms with Gasteiger partial charge in [-0.1, -0.05) is 31.2 Å². The van der Waals surface area contributed by atoms with Crippen LogP contribution in [-0.4, -0.2) is 16.1 Å². The highest BCUT2D eigenvalue weighted by atomic mass is 32.1. The zero-order valence-electron chi connectivity index (χ0n) is 8.80. The largest absolute Gasteiger partial charge is 0.476 e. The molecule has 0 saturated heterocycles. The van der Waals surface area contributed by atoms with Gasteiger partial charge in [0.05, 0.1) is 10.4 Å². The van der Waals surface area contributed by atoms with Crippen LogP contribution >= 0.6 is 11.3 Å². The number of aromatic nitrogens is 1. The van der Waals surface area contributed by atoms with Gasteiger partial charge in [0, 0.05) is 0 Å². The quantitative estimate of drug-likeness (QED) is 0.886. The van der Waals surface area contributed by atoms with E-state index in [1.807, 2.05) is 24.3 Å². The number of benzene rings is 1. The minimum Gasteiger partial charge on any atom is -0.476 e. The van der Waals surface area contributed by atoms with E-state index in [-0.39, 0.29) is 5.69 Å². The minimum absolute atomic E-state index is 0.144. The van der Waals surface area contributed by atoms with Crippen LogP contribution in [0.4, 0.5) is 0 Å². The predicted octanol–water partition coefficient (Wildman–Crippen LogP) is 3.07. The molecule has 1 aromatic heterocycles. The van der Waals surface area contributed by atoms with Crippen molar-refractivity contribution in [3.8, 4) is 10.4 Å². The molecule has 16 heavy (non-hydrogen) atoms. The SMILES string of the molecule is CCc1ccccc1-c1scnc1C(=O)O. The maximum Gasteiger partial charge on any atom is 0.356 e. The average molecular weight is 233 g/mol. The Kier molecular flexibility index (Phi) is 3.01. The van der Waals surface area contributed by atoms with Crippen molar-refractivity contribution in [1.82, 2.24) is 4.98 Å². The second-order valence-electron chi connectivity index (χ2n) is 3.35. The van der Waals surface area contributed by atoms with E-state index in [9.17, 15) is 4.79 Å². The van der Waals surface area contributed by atoms with Gasteiger partial charge in [0.2, 0.25) is 0 Å².